The zero-order chi connectivity index (χ0) is 14.5. The summed E-state index contributed by atoms with van der Waals surface area (Å²) in [5, 5.41) is 3.83. The molecule has 2 unspecified atom stereocenters. The zero-order valence-corrected chi connectivity index (χ0v) is 13.2. The van der Waals surface area contributed by atoms with Crippen molar-refractivity contribution in [3.05, 3.63) is 24.3 Å². The topological polar surface area (TPSA) is 41.0 Å². The van der Waals surface area contributed by atoms with E-state index >= 15 is 0 Å². The van der Waals surface area contributed by atoms with Gasteiger partial charge in [0.15, 0.2) is 0 Å². The minimum absolute atomic E-state index is 0.639. The molecule has 0 bridgehead atoms. The zero-order valence-electron chi connectivity index (χ0n) is 13.2. The van der Waals surface area contributed by atoms with Crippen molar-refractivity contribution < 1.29 is 0 Å². The lowest BCUT2D eigenvalue weighted by Gasteiger charge is -2.43. The summed E-state index contributed by atoms with van der Waals surface area (Å²) in [6.07, 6.45) is 11.8. The van der Waals surface area contributed by atoms with Gasteiger partial charge in [-0.15, -0.1) is 0 Å². The Kier molecular flexibility index (Phi) is 5.20. The van der Waals surface area contributed by atoms with E-state index in [4.69, 9.17) is 0 Å². The van der Waals surface area contributed by atoms with E-state index in [9.17, 15) is 0 Å². The lowest BCUT2D eigenvalue weighted by Crippen LogP contribution is -2.58. The first kappa shape index (κ1) is 14.9. The van der Waals surface area contributed by atoms with E-state index in [0.717, 1.165) is 24.7 Å². The highest BCUT2D eigenvalue weighted by Gasteiger charge is 2.32. The fraction of sp³-hybridized carbons (Fsp3) is 0.765. The predicted molar refractivity (Wildman–Crippen MR) is 84.9 cm³/mol. The van der Waals surface area contributed by atoms with Crippen LogP contribution >= 0.6 is 0 Å². The fourth-order valence-electron chi connectivity index (χ4n) is 3.95. The molecule has 1 aliphatic heterocycles. The summed E-state index contributed by atoms with van der Waals surface area (Å²) in [5.74, 6) is 0.879. The first-order chi connectivity index (χ1) is 10.4. The van der Waals surface area contributed by atoms with Crippen LogP contribution in [0.5, 0.6) is 0 Å². The molecule has 2 atom stereocenters. The normalized spacial score (nSPS) is 28.6. The highest BCUT2D eigenvalue weighted by Crippen LogP contribution is 2.29. The van der Waals surface area contributed by atoms with E-state index < -0.39 is 0 Å². The SMILES string of the molecule is CCC1CNC(C2CCCCC2)CN1Cc1ccncn1. The second-order valence-electron chi connectivity index (χ2n) is 6.61. The summed E-state index contributed by atoms with van der Waals surface area (Å²) in [6.45, 7) is 5.56. The standard InChI is InChI=1S/C17H28N4/c1-2-16-10-19-17(14-6-4-3-5-7-14)12-21(16)11-15-8-9-18-13-20-15/h8-9,13-14,16-17,19H,2-7,10-12H2,1H3. The molecule has 0 spiro atoms. The van der Waals surface area contributed by atoms with E-state index in [1.54, 1.807) is 6.33 Å². The maximum absolute atomic E-state index is 4.41. The van der Waals surface area contributed by atoms with Crippen molar-refractivity contribution >= 4 is 0 Å². The van der Waals surface area contributed by atoms with Crippen LogP contribution in [0, 0.1) is 5.92 Å². The second-order valence-corrected chi connectivity index (χ2v) is 6.61. The molecule has 1 aromatic heterocycles. The van der Waals surface area contributed by atoms with Crippen LogP contribution in [0.15, 0.2) is 18.6 Å². The summed E-state index contributed by atoms with van der Waals surface area (Å²) < 4.78 is 0. The minimum atomic E-state index is 0.639. The molecule has 2 heterocycles. The van der Waals surface area contributed by atoms with Crippen LogP contribution in [0.2, 0.25) is 0 Å². The first-order valence-corrected chi connectivity index (χ1v) is 8.59. The maximum atomic E-state index is 4.41. The third-order valence-corrected chi connectivity index (χ3v) is 5.26. The van der Waals surface area contributed by atoms with E-state index in [0.29, 0.717) is 12.1 Å². The van der Waals surface area contributed by atoms with Crippen molar-refractivity contribution in [1.29, 1.82) is 0 Å². The van der Waals surface area contributed by atoms with Gasteiger partial charge in [0, 0.05) is 37.9 Å². The Morgan fingerprint density at radius 3 is 2.86 bits per heavy atom. The van der Waals surface area contributed by atoms with Crippen molar-refractivity contribution in [2.24, 2.45) is 5.92 Å². The van der Waals surface area contributed by atoms with E-state index in [2.05, 4.69) is 27.1 Å². The summed E-state index contributed by atoms with van der Waals surface area (Å²) >= 11 is 0. The Labute approximate surface area is 128 Å². The first-order valence-electron chi connectivity index (χ1n) is 8.59. The molecule has 2 aliphatic rings. The lowest BCUT2D eigenvalue weighted by molar-refractivity contribution is 0.0862. The molecule has 2 fully saturated rings. The molecular weight excluding hydrogens is 260 g/mol. The van der Waals surface area contributed by atoms with Gasteiger partial charge in [-0.05, 0) is 31.2 Å². The molecule has 1 aliphatic carbocycles. The molecule has 0 amide bonds. The van der Waals surface area contributed by atoms with Crippen LogP contribution in [-0.4, -0.2) is 40.0 Å². The van der Waals surface area contributed by atoms with E-state index in [1.807, 2.05) is 12.3 Å². The number of piperazine rings is 1. The molecule has 116 valence electrons. The van der Waals surface area contributed by atoms with Gasteiger partial charge >= 0.3 is 0 Å². The molecule has 21 heavy (non-hydrogen) atoms. The molecule has 0 radical (unpaired) electrons. The molecule has 1 saturated carbocycles. The van der Waals surface area contributed by atoms with Crippen LogP contribution in [-0.2, 0) is 6.54 Å². The van der Waals surface area contributed by atoms with Crippen molar-refractivity contribution in [1.82, 2.24) is 20.2 Å². The molecule has 1 N–H and O–H groups in total. The predicted octanol–water partition coefficient (Wildman–Crippen LogP) is 2.61. The Hall–Kier alpha value is -1.00. The van der Waals surface area contributed by atoms with Crippen molar-refractivity contribution in [2.45, 2.75) is 64.1 Å². The molecular formula is C17H28N4. The smallest absolute Gasteiger partial charge is 0.115 e. The quantitative estimate of drug-likeness (QED) is 0.924. The molecule has 1 saturated heterocycles. The van der Waals surface area contributed by atoms with Crippen LogP contribution in [0.25, 0.3) is 0 Å². The van der Waals surface area contributed by atoms with Gasteiger partial charge in [0.05, 0.1) is 5.69 Å². The molecule has 0 aromatic carbocycles. The van der Waals surface area contributed by atoms with Gasteiger partial charge < -0.3 is 5.32 Å². The summed E-state index contributed by atoms with van der Waals surface area (Å²) in [4.78, 5) is 11.1. The number of hydrogen-bond acceptors (Lipinski definition) is 4. The molecule has 4 heteroatoms. The highest BCUT2D eigenvalue weighted by molar-refractivity contribution is 5.00. The van der Waals surface area contributed by atoms with E-state index in [1.165, 1.54) is 45.1 Å². The summed E-state index contributed by atoms with van der Waals surface area (Å²) in [5.41, 5.74) is 1.15. The van der Waals surface area contributed by atoms with Crippen LogP contribution in [0.4, 0.5) is 0 Å². The Morgan fingerprint density at radius 1 is 1.29 bits per heavy atom. The fourth-order valence-corrected chi connectivity index (χ4v) is 3.95. The maximum Gasteiger partial charge on any atom is 0.115 e. The number of nitrogens with one attached hydrogen (secondary N) is 1. The number of aromatic nitrogens is 2. The number of hydrogen-bond donors (Lipinski definition) is 1. The van der Waals surface area contributed by atoms with Crippen LogP contribution in [0.1, 0.15) is 51.1 Å². The van der Waals surface area contributed by atoms with Crippen LogP contribution in [0.3, 0.4) is 0 Å². The third-order valence-electron chi connectivity index (χ3n) is 5.26. The summed E-state index contributed by atoms with van der Waals surface area (Å²) in [7, 11) is 0. The number of nitrogens with zero attached hydrogens (tertiary/aromatic N) is 3. The molecule has 4 nitrogen and oxygen atoms in total. The second kappa shape index (κ2) is 7.32. The molecule has 3 rings (SSSR count). The summed E-state index contributed by atoms with van der Waals surface area (Å²) in [6, 6.07) is 3.36. The van der Waals surface area contributed by atoms with Gasteiger partial charge in [-0.3, -0.25) is 4.90 Å². The Morgan fingerprint density at radius 2 is 2.14 bits per heavy atom. The third kappa shape index (κ3) is 3.80. The van der Waals surface area contributed by atoms with Gasteiger partial charge in [-0.2, -0.15) is 0 Å². The van der Waals surface area contributed by atoms with Crippen molar-refractivity contribution in [3.8, 4) is 0 Å². The van der Waals surface area contributed by atoms with Gasteiger partial charge in [0.1, 0.15) is 6.33 Å². The van der Waals surface area contributed by atoms with Crippen LogP contribution < -0.4 is 5.32 Å². The minimum Gasteiger partial charge on any atom is -0.311 e. The molecule has 1 aromatic rings. The van der Waals surface area contributed by atoms with Gasteiger partial charge in [0.25, 0.3) is 0 Å². The van der Waals surface area contributed by atoms with Gasteiger partial charge in [-0.25, -0.2) is 9.97 Å². The van der Waals surface area contributed by atoms with Gasteiger partial charge in [-0.1, -0.05) is 26.2 Å². The largest absolute Gasteiger partial charge is 0.311 e. The van der Waals surface area contributed by atoms with Crippen molar-refractivity contribution in [3.63, 3.8) is 0 Å². The lowest BCUT2D eigenvalue weighted by atomic mass is 9.82. The number of rotatable bonds is 4. The highest BCUT2D eigenvalue weighted by atomic mass is 15.2. The Balaban J connectivity index is 1.64. The van der Waals surface area contributed by atoms with Gasteiger partial charge in [0.2, 0.25) is 0 Å². The Bertz CT molecular complexity index is 416. The average molecular weight is 288 g/mol. The monoisotopic (exact) mass is 288 g/mol. The average Bonchev–Trinajstić information content (AvgIpc) is 2.56. The van der Waals surface area contributed by atoms with Crippen molar-refractivity contribution in [2.75, 3.05) is 13.1 Å². The van der Waals surface area contributed by atoms with E-state index in [-0.39, 0.29) is 0 Å².